The van der Waals surface area contributed by atoms with Crippen molar-refractivity contribution in [3.05, 3.63) is 59.1 Å². The Morgan fingerprint density at radius 3 is 2.48 bits per heavy atom. The lowest BCUT2D eigenvalue weighted by Crippen LogP contribution is -2.19. The zero-order chi connectivity index (χ0) is 16.7. The minimum atomic E-state index is -0.324. The Labute approximate surface area is 139 Å². The van der Waals surface area contributed by atoms with Gasteiger partial charge in [0.1, 0.15) is 6.61 Å². The third-order valence-electron chi connectivity index (χ3n) is 2.91. The number of carbonyl (C=O) groups is 2. The van der Waals surface area contributed by atoms with Crippen molar-refractivity contribution in [3.63, 3.8) is 0 Å². The molecule has 0 bridgehead atoms. The first-order valence-electron chi connectivity index (χ1n) is 7.03. The topological polar surface area (TPSA) is 67.4 Å². The normalized spacial score (nSPS) is 10.2. The third-order valence-corrected chi connectivity index (χ3v) is 3.15. The lowest BCUT2D eigenvalue weighted by Gasteiger charge is -2.12. The van der Waals surface area contributed by atoms with Crippen molar-refractivity contribution < 1.29 is 14.3 Å². The van der Waals surface area contributed by atoms with Crippen LogP contribution in [0.2, 0.25) is 5.02 Å². The Balaban J connectivity index is 1.91. The van der Waals surface area contributed by atoms with E-state index in [-0.39, 0.29) is 18.4 Å². The van der Waals surface area contributed by atoms with Crippen LogP contribution in [0.15, 0.2) is 48.5 Å². The van der Waals surface area contributed by atoms with E-state index in [2.05, 4.69) is 10.6 Å². The van der Waals surface area contributed by atoms with Crippen molar-refractivity contribution in [1.29, 1.82) is 0 Å². The van der Waals surface area contributed by atoms with Gasteiger partial charge in [0.25, 0.3) is 0 Å². The summed E-state index contributed by atoms with van der Waals surface area (Å²) in [6, 6.07) is 14.4. The minimum absolute atomic E-state index is 0.0963. The van der Waals surface area contributed by atoms with Gasteiger partial charge in [0.15, 0.2) is 0 Å². The molecule has 0 fully saturated rings. The number of hydrogen-bond acceptors (Lipinski definition) is 3. The van der Waals surface area contributed by atoms with Crippen molar-refractivity contribution in [2.75, 3.05) is 17.2 Å². The fraction of sp³-hybridized carbons (Fsp3) is 0.176. The molecule has 2 amide bonds. The molecular weight excluding hydrogens is 316 g/mol. The van der Waals surface area contributed by atoms with Gasteiger partial charge < -0.3 is 15.4 Å². The van der Waals surface area contributed by atoms with Gasteiger partial charge in [0, 0.05) is 11.9 Å². The van der Waals surface area contributed by atoms with Gasteiger partial charge in [-0.15, -0.1) is 0 Å². The zero-order valence-electron chi connectivity index (χ0n) is 12.6. The number of amides is 2. The molecule has 23 heavy (non-hydrogen) atoms. The molecule has 0 spiro atoms. The maximum atomic E-state index is 12.0. The molecule has 0 saturated heterocycles. The van der Waals surface area contributed by atoms with Gasteiger partial charge in [-0.1, -0.05) is 41.9 Å². The SMILES string of the molecule is CC(=O)Nc1ccc(Cl)cc1NC(=O)COCc1ccccc1. The van der Waals surface area contributed by atoms with E-state index in [0.717, 1.165) is 5.56 Å². The first kappa shape index (κ1) is 17.0. The molecule has 0 saturated carbocycles. The van der Waals surface area contributed by atoms with Crippen LogP contribution in [0, 0.1) is 0 Å². The molecule has 2 aromatic carbocycles. The third kappa shape index (κ3) is 5.73. The van der Waals surface area contributed by atoms with E-state index in [1.807, 2.05) is 30.3 Å². The van der Waals surface area contributed by atoms with Crippen molar-refractivity contribution in [2.45, 2.75) is 13.5 Å². The van der Waals surface area contributed by atoms with Crippen LogP contribution in [0.25, 0.3) is 0 Å². The predicted octanol–water partition coefficient (Wildman–Crippen LogP) is 3.45. The lowest BCUT2D eigenvalue weighted by atomic mass is 10.2. The second kappa shape index (κ2) is 8.31. The average Bonchev–Trinajstić information content (AvgIpc) is 2.51. The maximum Gasteiger partial charge on any atom is 0.250 e. The molecule has 2 N–H and O–H groups in total. The molecule has 0 radical (unpaired) electrons. The van der Waals surface area contributed by atoms with Crippen molar-refractivity contribution in [1.82, 2.24) is 0 Å². The highest BCUT2D eigenvalue weighted by atomic mass is 35.5. The highest BCUT2D eigenvalue weighted by Gasteiger charge is 2.09. The summed E-state index contributed by atoms with van der Waals surface area (Å²) in [7, 11) is 0. The largest absolute Gasteiger partial charge is 0.367 e. The van der Waals surface area contributed by atoms with Crippen molar-refractivity contribution in [3.8, 4) is 0 Å². The molecule has 2 aromatic rings. The van der Waals surface area contributed by atoms with E-state index >= 15 is 0 Å². The Bertz CT molecular complexity index is 689. The molecule has 120 valence electrons. The molecule has 0 heterocycles. The van der Waals surface area contributed by atoms with Crippen LogP contribution >= 0.6 is 11.6 Å². The Morgan fingerprint density at radius 2 is 1.78 bits per heavy atom. The summed E-state index contributed by atoms with van der Waals surface area (Å²) >= 11 is 5.93. The van der Waals surface area contributed by atoms with Crippen LogP contribution in [0.5, 0.6) is 0 Å². The molecule has 0 aliphatic rings. The number of anilines is 2. The number of ether oxygens (including phenoxy) is 1. The van der Waals surface area contributed by atoms with Gasteiger partial charge in [0.2, 0.25) is 11.8 Å². The Morgan fingerprint density at radius 1 is 1.04 bits per heavy atom. The van der Waals surface area contributed by atoms with E-state index < -0.39 is 0 Å². The molecule has 0 atom stereocenters. The van der Waals surface area contributed by atoms with Gasteiger partial charge >= 0.3 is 0 Å². The molecule has 0 aromatic heterocycles. The Kier molecular flexibility index (Phi) is 6.14. The van der Waals surface area contributed by atoms with Crippen LogP contribution in [0.3, 0.4) is 0 Å². The van der Waals surface area contributed by atoms with E-state index in [1.165, 1.54) is 6.92 Å². The van der Waals surface area contributed by atoms with Crippen LogP contribution in [-0.4, -0.2) is 18.4 Å². The number of carbonyl (C=O) groups excluding carboxylic acids is 2. The van der Waals surface area contributed by atoms with Crippen LogP contribution in [-0.2, 0) is 20.9 Å². The predicted molar refractivity (Wildman–Crippen MR) is 90.5 cm³/mol. The first-order chi connectivity index (χ1) is 11.0. The fourth-order valence-corrected chi connectivity index (χ4v) is 2.11. The minimum Gasteiger partial charge on any atom is -0.367 e. The van der Waals surface area contributed by atoms with E-state index in [1.54, 1.807) is 18.2 Å². The molecule has 2 rings (SSSR count). The van der Waals surface area contributed by atoms with Crippen molar-refractivity contribution in [2.24, 2.45) is 0 Å². The van der Waals surface area contributed by atoms with Gasteiger partial charge in [-0.25, -0.2) is 0 Å². The van der Waals surface area contributed by atoms with Gasteiger partial charge in [-0.3, -0.25) is 9.59 Å². The summed E-state index contributed by atoms with van der Waals surface area (Å²) in [5.41, 5.74) is 1.90. The lowest BCUT2D eigenvalue weighted by molar-refractivity contribution is -0.121. The molecule has 5 nitrogen and oxygen atoms in total. The number of rotatable bonds is 6. The van der Waals surface area contributed by atoms with Crippen LogP contribution < -0.4 is 10.6 Å². The summed E-state index contributed by atoms with van der Waals surface area (Å²) in [5, 5.41) is 5.77. The number of halogens is 1. The smallest absolute Gasteiger partial charge is 0.250 e. The number of nitrogens with one attached hydrogen (secondary N) is 2. The highest BCUT2D eigenvalue weighted by molar-refractivity contribution is 6.31. The summed E-state index contributed by atoms with van der Waals surface area (Å²) in [5.74, 6) is -0.557. The molecule has 0 aliphatic carbocycles. The second-order valence-corrected chi connectivity index (χ2v) is 5.33. The van der Waals surface area contributed by atoms with Crippen molar-refractivity contribution >= 4 is 34.8 Å². The number of hydrogen-bond donors (Lipinski definition) is 2. The average molecular weight is 333 g/mol. The summed E-state index contributed by atoms with van der Waals surface area (Å²) < 4.78 is 5.37. The van der Waals surface area contributed by atoms with E-state index in [9.17, 15) is 9.59 Å². The summed E-state index contributed by atoms with van der Waals surface area (Å²) in [6.07, 6.45) is 0. The second-order valence-electron chi connectivity index (χ2n) is 4.90. The monoisotopic (exact) mass is 332 g/mol. The fourth-order valence-electron chi connectivity index (χ4n) is 1.94. The molecule has 0 aliphatic heterocycles. The molecule has 0 unspecified atom stereocenters. The maximum absolute atomic E-state index is 12.0. The summed E-state index contributed by atoms with van der Waals surface area (Å²) in [4.78, 5) is 23.1. The van der Waals surface area contributed by atoms with E-state index in [0.29, 0.717) is 23.0 Å². The van der Waals surface area contributed by atoms with Crippen LogP contribution in [0.4, 0.5) is 11.4 Å². The molecular formula is C17H17ClN2O3. The van der Waals surface area contributed by atoms with Crippen LogP contribution in [0.1, 0.15) is 12.5 Å². The Hall–Kier alpha value is -2.37. The van der Waals surface area contributed by atoms with Gasteiger partial charge in [-0.2, -0.15) is 0 Å². The number of benzene rings is 2. The standard InChI is InChI=1S/C17H17ClN2O3/c1-12(21)19-15-8-7-14(18)9-16(15)20-17(22)11-23-10-13-5-3-2-4-6-13/h2-9H,10-11H2,1H3,(H,19,21)(H,20,22). The highest BCUT2D eigenvalue weighted by Crippen LogP contribution is 2.25. The van der Waals surface area contributed by atoms with E-state index in [4.69, 9.17) is 16.3 Å². The summed E-state index contributed by atoms with van der Waals surface area (Å²) in [6.45, 7) is 1.65. The van der Waals surface area contributed by atoms with Gasteiger partial charge in [-0.05, 0) is 23.8 Å². The quantitative estimate of drug-likeness (QED) is 0.851. The first-order valence-corrected chi connectivity index (χ1v) is 7.41. The zero-order valence-corrected chi connectivity index (χ0v) is 13.4. The van der Waals surface area contributed by atoms with Gasteiger partial charge in [0.05, 0.1) is 18.0 Å². The molecule has 6 heteroatoms.